The molecule has 168 valence electrons. The number of hydrogen-bond donors (Lipinski definition) is 1. The predicted molar refractivity (Wildman–Crippen MR) is 133 cm³/mol. The molecule has 2 aromatic carbocycles. The number of halogens is 1. The van der Waals surface area contributed by atoms with Crippen molar-refractivity contribution in [2.45, 2.75) is 38.5 Å². The average Bonchev–Trinajstić information content (AvgIpc) is 3.42. The molecule has 1 aliphatic carbocycles. The monoisotopic (exact) mass is 458 g/mol. The third-order valence-electron chi connectivity index (χ3n) is 6.32. The molecule has 0 fully saturated rings. The van der Waals surface area contributed by atoms with Gasteiger partial charge in [-0.2, -0.15) is 0 Å². The molecule has 0 aliphatic heterocycles. The van der Waals surface area contributed by atoms with Crippen LogP contribution in [-0.2, 0) is 19.3 Å². The number of aryl methyl sites for hydroxylation is 1. The van der Waals surface area contributed by atoms with E-state index in [1.54, 1.807) is 11.3 Å². The molecule has 5 heteroatoms. The van der Waals surface area contributed by atoms with Crippen LogP contribution in [-0.4, -0.2) is 17.0 Å². The Kier molecular flexibility index (Phi) is 6.40. The molecule has 33 heavy (non-hydrogen) atoms. The van der Waals surface area contributed by atoms with Crippen LogP contribution in [0.15, 0.2) is 72.1 Å². The van der Waals surface area contributed by atoms with Gasteiger partial charge in [0.05, 0.1) is 5.69 Å². The van der Waals surface area contributed by atoms with Crippen LogP contribution in [0.2, 0.25) is 0 Å². The molecule has 4 aromatic rings. The van der Waals surface area contributed by atoms with Crippen molar-refractivity contribution < 1.29 is 9.18 Å². The first-order valence-corrected chi connectivity index (χ1v) is 12.5. The zero-order valence-electron chi connectivity index (χ0n) is 18.5. The van der Waals surface area contributed by atoms with Crippen molar-refractivity contribution in [3.05, 3.63) is 99.6 Å². The lowest BCUT2D eigenvalue weighted by Gasteiger charge is -2.15. The third kappa shape index (κ3) is 4.79. The molecule has 1 N–H and O–H groups in total. The minimum atomic E-state index is -0.229. The molecule has 2 heterocycles. The summed E-state index contributed by atoms with van der Waals surface area (Å²) in [4.78, 5) is 13.9. The smallest absolute Gasteiger partial charge is 0.251 e. The number of aromatic nitrogens is 1. The molecule has 5 rings (SSSR count). The van der Waals surface area contributed by atoms with E-state index in [9.17, 15) is 9.18 Å². The molecular weight excluding hydrogens is 431 g/mol. The number of carbonyl (C=O) groups excluding carboxylic acids is 1. The second-order valence-corrected chi connectivity index (χ2v) is 9.57. The lowest BCUT2D eigenvalue weighted by Crippen LogP contribution is -2.25. The fourth-order valence-corrected chi connectivity index (χ4v) is 5.33. The lowest BCUT2D eigenvalue weighted by atomic mass is 10.1. The molecule has 0 spiro atoms. The molecular formula is C28H27FN2OS. The molecule has 3 nitrogen and oxygen atoms in total. The van der Waals surface area contributed by atoms with Gasteiger partial charge in [0, 0.05) is 28.4 Å². The summed E-state index contributed by atoms with van der Waals surface area (Å²) >= 11 is 1.71. The molecule has 0 radical (unpaired) electrons. The number of benzene rings is 2. The van der Waals surface area contributed by atoms with Gasteiger partial charge in [0.15, 0.2) is 0 Å². The van der Waals surface area contributed by atoms with E-state index < -0.39 is 0 Å². The molecule has 0 bridgehead atoms. The summed E-state index contributed by atoms with van der Waals surface area (Å²) in [5, 5.41) is 5.07. The highest BCUT2D eigenvalue weighted by molar-refractivity contribution is 7.09. The van der Waals surface area contributed by atoms with Gasteiger partial charge in [0.25, 0.3) is 5.91 Å². The summed E-state index contributed by atoms with van der Waals surface area (Å²) < 4.78 is 15.8. The average molecular weight is 459 g/mol. The second-order valence-electron chi connectivity index (χ2n) is 8.54. The Bertz CT molecular complexity index is 1220. The fraction of sp³-hybridized carbons (Fsp3) is 0.250. The van der Waals surface area contributed by atoms with Crippen LogP contribution in [0.3, 0.4) is 0 Å². The van der Waals surface area contributed by atoms with E-state index in [0.29, 0.717) is 12.1 Å². The van der Waals surface area contributed by atoms with Gasteiger partial charge in [-0.15, -0.1) is 11.3 Å². The summed E-state index contributed by atoms with van der Waals surface area (Å²) in [7, 11) is 0. The number of amides is 1. The van der Waals surface area contributed by atoms with Gasteiger partial charge in [-0.3, -0.25) is 4.79 Å². The van der Waals surface area contributed by atoms with Crippen LogP contribution in [0.25, 0.3) is 16.9 Å². The number of thiophene rings is 1. The molecule has 0 atom stereocenters. The number of nitrogens with one attached hydrogen (secondary N) is 1. The Morgan fingerprint density at radius 2 is 1.76 bits per heavy atom. The Hall–Kier alpha value is -3.18. The highest BCUT2D eigenvalue weighted by Crippen LogP contribution is 2.33. The molecule has 0 saturated heterocycles. The largest absolute Gasteiger partial charge is 0.352 e. The van der Waals surface area contributed by atoms with Gasteiger partial charge in [-0.1, -0.05) is 12.5 Å². The van der Waals surface area contributed by atoms with E-state index in [2.05, 4.69) is 27.4 Å². The Morgan fingerprint density at radius 3 is 2.52 bits per heavy atom. The topological polar surface area (TPSA) is 34.0 Å². The quantitative estimate of drug-likeness (QED) is 0.325. The summed E-state index contributed by atoms with van der Waals surface area (Å²) in [5.74, 6) is -0.281. The van der Waals surface area contributed by atoms with Crippen LogP contribution in [0.1, 0.15) is 45.8 Å². The van der Waals surface area contributed by atoms with Crippen LogP contribution in [0, 0.1) is 5.82 Å². The van der Waals surface area contributed by atoms with Gasteiger partial charge >= 0.3 is 0 Å². The first kappa shape index (κ1) is 21.7. The standard InChI is InChI=1S/C28H27FN2OS/c29-23-12-8-20(9-13-23)27-19-22-5-2-1-3-7-26(22)31(27)24-14-10-21(11-15-24)28(32)30-17-16-25-6-4-18-33-25/h4,6,8-15,18-19H,1-3,5,7,16-17H2,(H,30,32). The van der Waals surface area contributed by atoms with Crippen molar-refractivity contribution >= 4 is 17.2 Å². The second kappa shape index (κ2) is 9.75. The maximum absolute atomic E-state index is 13.6. The van der Waals surface area contributed by atoms with Crippen LogP contribution < -0.4 is 5.32 Å². The minimum absolute atomic E-state index is 0.0526. The maximum atomic E-state index is 13.6. The highest BCUT2D eigenvalue weighted by atomic mass is 32.1. The lowest BCUT2D eigenvalue weighted by molar-refractivity contribution is 0.0954. The third-order valence-corrected chi connectivity index (χ3v) is 7.25. The Morgan fingerprint density at radius 1 is 0.970 bits per heavy atom. The summed E-state index contributed by atoms with van der Waals surface area (Å²) in [6.45, 7) is 0.626. The van der Waals surface area contributed by atoms with E-state index in [4.69, 9.17) is 0 Å². The molecule has 1 amide bonds. The van der Waals surface area contributed by atoms with Gasteiger partial charge in [-0.25, -0.2) is 4.39 Å². The van der Waals surface area contributed by atoms with E-state index in [0.717, 1.165) is 36.2 Å². The highest BCUT2D eigenvalue weighted by Gasteiger charge is 2.19. The van der Waals surface area contributed by atoms with E-state index in [1.165, 1.54) is 47.5 Å². The Labute approximate surface area is 197 Å². The van der Waals surface area contributed by atoms with Crippen molar-refractivity contribution in [2.24, 2.45) is 0 Å². The van der Waals surface area contributed by atoms with Gasteiger partial charge < -0.3 is 9.88 Å². The van der Waals surface area contributed by atoms with Gasteiger partial charge in [-0.05, 0) is 109 Å². The normalized spacial score (nSPS) is 13.4. The van der Waals surface area contributed by atoms with E-state index in [1.807, 2.05) is 42.5 Å². The first-order valence-electron chi connectivity index (χ1n) is 11.6. The van der Waals surface area contributed by atoms with Crippen molar-refractivity contribution in [3.8, 4) is 16.9 Å². The minimum Gasteiger partial charge on any atom is -0.352 e. The number of carbonyl (C=O) groups is 1. The predicted octanol–water partition coefficient (Wildman–Crippen LogP) is 6.59. The SMILES string of the molecule is O=C(NCCc1cccs1)c1ccc(-n2c(-c3ccc(F)cc3)cc3c2CCCCC3)cc1. The summed E-state index contributed by atoms with van der Waals surface area (Å²) in [6.07, 6.45) is 6.56. The van der Waals surface area contributed by atoms with Crippen molar-refractivity contribution in [2.75, 3.05) is 6.54 Å². The van der Waals surface area contributed by atoms with Crippen molar-refractivity contribution in [1.29, 1.82) is 0 Å². The number of fused-ring (bicyclic) bond motifs is 1. The van der Waals surface area contributed by atoms with Crippen molar-refractivity contribution in [1.82, 2.24) is 9.88 Å². The van der Waals surface area contributed by atoms with E-state index in [-0.39, 0.29) is 11.7 Å². The van der Waals surface area contributed by atoms with Crippen molar-refractivity contribution in [3.63, 3.8) is 0 Å². The van der Waals surface area contributed by atoms with Crippen LogP contribution in [0.5, 0.6) is 0 Å². The zero-order chi connectivity index (χ0) is 22.6. The number of hydrogen-bond acceptors (Lipinski definition) is 2. The first-order chi connectivity index (χ1) is 16.2. The summed E-state index contributed by atoms with van der Waals surface area (Å²) in [5.41, 5.74) is 6.48. The van der Waals surface area contributed by atoms with Gasteiger partial charge in [0.2, 0.25) is 0 Å². The summed E-state index contributed by atoms with van der Waals surface area (Å²) in [6, 6.07) is 20.9. The number of rotatable bonds is 6. The van der Waals surface area contributed by atoms with E-state index >= 15 is 0 Å². The molecule has 0 unspecified atom stereocenters. The Balaban J connectivity index is 1.41. The zero-order valence-corrected chi connectivity index (χ0v) is 19.3. The number of nitrogens with zero attached hydrogens (tertiary/aromatic N) is 1. The van der Waals surface area contributed by atoms with Gasteiger partial charge in [0.1, 0.15) is 5.82 Å². The fourth-order valence-electron chi connectivity index (χ4n) is 4.62. The van der Waals surface area contributed by atoms with Crippen LogP contribution in [0.4, 0.5) is 4.39 Å². The molecule has 0 saturated carbocycles. The van der Waals surface area contributed by atoms with Crippen LogP contribution >= 0.6 is 11.3 Å². The molecule has 2 aromatic heterocycles. The maximum Gasteiger partial charge on any atom is 0.251 e. The molecule has 1 aliphatic rings.